The van der Waals surface area contributed by atoms with Gasteiger partial charge < -0.3 is 10.5 Å². The van der Waals surface area contributed by atoms with E-state index in [9.17, 15) is 0 Å². The molecule has 2 N–H and O–H groups in total. The number of aromatic nitrogens is 3. The zero-order chi connectivity index (χ0) is 9.10. The van der Waals surface area contributed by atoms with Crippen LogP contribution in [0.5, 0.6) is 0 Å². The molecular weight excluding hydrogens is 168 g/mol. The van der Waals surface area contributed by atoms with Crippen molar-refractivity contribution in [1.29, 1.82) is 0 Å². The summed E-state index contributed by atoms with van der Waals surface area (Å²) in [5.41, 5.74) is 5.39. The normalized spacial score (nSPS) is 22.3. The predicted octanol–water partition coefficient (Wildman–Crippen LogP) is 0.287. The van der Waals surface area contributed by atoms with Crippen molar-refractivity contribution in [2.45, 2.75) is 19.4 Å². The molecule has 5 heteroatoms. The lowest BCUT2D eigenvalue weighted by Crippen LogP contribution is -2.06. The number of aryl methyl sites for hydroxylation is 1. The van der Waals surface area contributed by atoms with Crippen LogP contribution < -0.4 is 5.73 Å². The molecule has 0 radical (unpaired) electrons. The smallest absolute Gasteiger partial charge is 0.239 e. The Bertz CT molecular complexity index is 267. The molecule has 13 heavy (non-hydrogen) atoms. The van der Waals surface area contributed by atoms with Crippen LogP contribution in [0, 0.1) is 5.92 Å². The molecule has 1 fully saturated rings. The molecule has 1 aliphatic rings. The van der Waals surface area contributed by atoms with E-state index in [1.807, 2.05) is 0 Å². The van der Waals surface area contributed by atoms with Crippen molar-refractivity contribution >= 4 is 5.95 Å². The van der Waals surface area contributed by atoms with Crippen molar-refractivity contribution < 1.29 is 4.74 Å². The predicted molar refractivity (Wildman–Crippen MR) is 48.0 cm³/mol. The second kappa shape index (κ2) is 3.74. The third-order valence-corrected chi connectivity index (χ3v) is 2.34. The number of ether oxygens (including phenoxy) is 1. The molecule has 0 amide bonds. The van der Waals surface area contributed by atoms with Gasteiger partial charge in [0.1, 0.15) is 6.33 Å². The molecule has 1 saturated heterocycles. The summed E-state index contributed by atoms with van der Waals surface area (Å²) in [5, 5.41) is 4.01. The molecule has 2 rings (SSSR count). The fraction of sp³-hybridized carbons (Fsp3) is 0.750. The third kappa shape index (κ3) is 2.18. The average molecular weight is 182 g/mol. The molecule has 1 aromatic heterocycles. The topological polar surface area (TPSA) is 66.0 Å². The third-order valence-electron chi connectivity index (χ3n) is 2.34. The summed E-state index contributed by atoms with van der Waals surface area (Å²) in [6.45, 7) is 2.69. The second-order valence-corrected chi connectivity index (χ2v) is 3.38. The summed E-state index contributed by atoms with van der Waals surface area (Å²) in [5.74, 6) is 1.04. The van der Waals surface area contributed by atoms with Crippen LogP contribution in [-0.2, 0) is 11.3 Å². The van der Waals surface area contributed by atoms with E-state index in [-0.39, 0.29) is 0 Å². The van der Waals surface area contributed by atoms with Crippen LogP contribution in [-0.4, -0.2) is 28.0 Å². The van der Waals surface area contributed by atoms with E-state index in [1.165, 1.54) is 6.42 Å². The van der Waals surface area contributed by atoms with Crippen molar-refractivity contribution in [3.8, 4) is 0 Å². The number of hydrogen-bond donors (Lipinski definition) is 1. The zero-order valence-electron chi connectivity index (χ0n) is 7.52. The quantitative estimate of drug-likeness (QED) is 0.729. The molecule has 0 spiro atoms. The van der Waals surface area contributed by atoms with Crippen LogP contribution in [0.3, 0.4) is 0 Å². The Morgan fingerprint density at radius 2 is 2.62 bits per heavy atom. The minimum atomic E-state index is 0.350. The number of nitrogens with two attached hydrogens (primary N) is 1. The maximum absolute atomic E-state index is 5.39. The van der Waals surface area contributed by atoms with Gasteiger partial charge in [-0.3, -0.25) is 4.68 Å². The largest absolute Gasteiger partial charge is 0.381 e. The van der Waals surface area contributed by atoms with E-state index in [1.54, 1.807) is 11.0 Å². The van der Waals surface area contributed by atoms with Crippen molar-refractivity contribution in [1.82, 2.24) is 14.8 Å². The first-order valence-electron chi connectivity index (χ1n) is 4.57. The van der Waals surface area contributed by atoms with Gasteiger partial charge in [-0.05, 0) is 18.8 Å². The molecule has 1 aromatic rings. The van der Waals surface area contributed by atoms with Crippen molar-refractivity contribution in [3.05, 3.63) is 6.33 Å². The standard InChI is InChI=1S/C8H14N4O/c9-8-10-6-12(11-8)3-1-7-2-4-13-5-7/h6-7H,1-5H2,(H2,9,11). The van der Waals surface area contributed by atoms with E-state index in [4.69, 9.17) is 10.5 Å². The van der Waals surface area contributed by atoms with Crippen LogP contribution in [0.25, 0.3) is 0 Å². The molecule has 2 heterocycles. The monoisotopic (exact) mass is 182 g/mol. The Kier molecular flexibility index (Phi) is 2.44. The van der Waals surface area contributed by atoms with Gasteiger partial charge in [-0.15, -0.1) is 5.10 Å². The molecule has 1 atom stereocenters. The van der Waals surface area contributed by atoms with E-state index < -0.39 is 0 Å². The number of hydrogen-bond acceptors (Lipinski definition) is 4. The maximum atomic E-state index is 5.39. The molecule has 0 bridgehead atoms. The van der Waals surface area contributed by atoms with Gasteiger partial charge in [-0.25, -0.2) is 4.98 Å². The fourth-order valence-electron chi connectivity index (χ4n) is 1.54. The summed E-state index contributed by atoms with van der Waals surface area (Å²) < 4.78 is 7.07. The molecule has 0 saturated carbocycles. The van der Waals surface area contributed by atoms with Crippen molar-refractivity contribution in [2.75, 3.05) is 18.9 Å². The maximum Gasteiger partial charge on any atom is 0.239 e. The Balaban J connectivity index is 1.78. The highest BCUT2D eigenvalue weighted by atomic mass is 16.5. The lowest BCUT2D eigenvalue weighted by atomic mass is 10.1. The van der Waals surface area contributed by atoms with Gasteiger partial charge in [0, 0.05) is 19.8 Å². The minimum Gasteiger partial charge on any atom is -0.381 e. The van der Waals surface area contributed by atoms with Gasteiger partial charge >= 0.3 is 0 Å². The van der Waals surface area contributed by atoms with Crippen LogP contribution in [0.1, 0.15) is 12.8 Å². The first-order chi connectivity index (χ1) is 6.34. The van der Waals surface area contributed by atoms with Gasteiger partial charge in [-0.1, -0.05) is 0 Å². The highest BCUT2D eigenvalue weighted by Gasteiger charge is 2.15. The Hall–Kier alpha value is -1.10. The Labute approximate surface area is 76.9 Å². The highest BCUT2D eigenvalue weighted by Crippen LogP contribution is 2.16. The van der Waals surface area contributed by atoms with E-state index in [2.05, 4.69) is 10.1 Å². The fourth-order valence-corrected chi connectivity index (χ4v) is 1.54. The van der Waals surface area contributed by atoms with E-state index >= 15 is 0 Å². The first-order valence-corrected chi connectivity index (χ1v) is 4.57. The zero-order valence-corrected chi connectivity index (χ0v) is 7.52. The van der Waals surface area contributed by atoms with Crippen LogP contribution in [0.2, 0.25) is 0 Å². The van der Waals surface area contributed by atoms with Crippen molar-refractivity contribution in [2.24, 2.45) is 5.92 Å². The van der Waals surface area contributed by atoms with Gasteiger partial charge in [0.25, 0.3) is 0 Å². The summed E-state index contributed by atoms with van der Waals surface area (Å²) in [6.07, 6.45) is 3.94. The molecule has 1 unspecified atom stereocenters. The summed E-state index contributed by atoms with van der Waals surface area (Å²) in [6, 6.07) is 0. The summed E-state index contributed by atoms with van der Waals surface area (Å²) >= 11 is 0. The Morgan fingerprint density at radius 1 is 1.69 bits per heavy atom. The highest BCUT2D eigenvalue weighted by molar-refractivity contribution is 5.09. The second-order valence-electron chi connectivity index (χ2n) is 3.38. The average Bonchev–Trinajstić information content (AvgIpc) is 2.71. The molecular formula is C8H14N4O. The van der Waals surface area contributed by atoms with E-state index in [0.717, 1.165) is 26.2 Å². The van der Waals surface area contributed by atoms with Crippen molar-refractivity contribution in [3.63, 3.8) is 0 Å². The SMILES string of the molecule is Nc1ncn(CCC2CCOC2)n1. The van der Waals surface area contributed by atoms with Gasteiger partial charge in [0.15, 0.2) is 0 Å². The van der Waals surface area contributed by atoms with Gasteiger partial charge in [0.2, 0.25) is 5.95 Å². The number of nitrogen functional groups attached to an aromatic ring is 1. The molecule has 1 aliphatic heterocycles. The van der Waals surface area contributed by atoms with Crippen LogP contribution in [0.4, 0.5) is 5.95 Å². The molecule has 0 aliphatic carbocycles. The number of nitrogens with zero attached hydrogens (tertiary/aromatic N) is 3. The van der Waals surface area contributed by atoms with Crippen LogP contribution >= 0.6 is 0 Å². The molecule has 0 aromatic carbocycles. The summed E-state index contributed by atoms with van der Waals surface area (Å²) in [4.78, 5) is 3.86. The molecule has 5 nitrogen and oxygen atoms in total. The molecule has 72 valence electrons. The summed E-state index contributed by atoms with van der Waals surface area (Å²) in [7, 11) is 0. The van der Waals surface area contributed by atoms with Gasteiger partial charge in [-0.2, -0.15) is 0 Å². The number of anilines is 1. The van der Waals surface area contributed by atoms with E-state index in [0.29, 0.717) is 11.9 Å². The van der Waals surface area contributed by atoms with Crippen LogP contribution in [0.15, 0.2) is 6.33 Å². The minimum absolute atomic E-state index is 0.350. The number of rotatable bonds is 3. The lowest BCUT2D eigenvalue weighted by molar-refractivity contribution is 0.183. The Morgan fingerprint density at radius 3 is 3.23 bits per heavy atom. The first kappa shape index (κ1) is 8.50. The lowest BCUT2D eigenvalue weighted by Gasteiger charge is -2.05. The van der Waals surface area contributed by atoms with Gasteiger partial charge in [0.05, 0.1) is 0 Å².